The molecule has 1 amide bonds. The molecule has 0 radical (unpaired) electrons. The Bertz CT molecular complexity index is 690. The number of hydroxylamine groups is 1. The molecule has 6 heteroatoms. The summed E-state index contributed by atoms with van der Waals surface area (Å²) in [5, 5.41) is 11.2. The number of anilines is 1. The molecular weight excluding hydrogens is 324 g/mol. The second kappa shape index (κ2) is 4.81. The van der Waals surface area contributed by atoms with E-state index in [0.717, 1.165) is 15.1 Å². The molecule has 1 aliphatic heterocycles. The summed E-state index contributed by atoms with van der Waals surface area (Å²) < 4.78 is 6.59. The summed E-state index contributed by atoms with van der Waals surface area (Å²) in [5.74, 6) is -0.0467. The first-order valence-electron chi connectivity index (χ1n) is 5.90. The van der Waals surface area contributed by atoms with Gasteiger partial charge in [-0.15, -0.1) is 0 Å². The summed E-state index contributed by atoms with van der Waals surface area (Å²) >= 11 is 3.38. The monoisotopic (exact) mass is 334 g/mol. The van der Waals surface area contributed by atoms with Gasteiger partial charge in [-0.05, 0) is 30.3 Å². The standard InChI is InChI=1S/C14H11BrN2O3/c15-10-3-1-2-9(6-10)14-17(19)11-7-8(13(16)18)4-5-12(11)20-14/h1-7,14,19H,(H2,16,18). The molecule has 1 unspecified atom stereocenters. The molecule has 2 aromatic carbocycles. The lowest BCUT2D eigenvalue weighted by Crippen LogP contribution is -2.23. The van der Waals surface area contributed by atoms with Gasteiger partial charge in [0.15, 0.2) is 0 Å². The highest BCUT2D eigenvalue weighted by Crippen LogP contribution is 2.42. The third-order valence-corrected chi connectivity index (χ3v) is 3.58. The minimum absolute atomic E-state index is 0.321. The molecule has 0 aromatic heterocycles. The lowest BCUT2D eigenvalue weighted by molar-refractivity contribution is 0.100. The number of hydrogen-bond acceptors (Lipinski definition) is 4. The number of carbonyl (C=O) groups is 1. The van der Waals surface area contributed by atoms with Gasteiger partial charge in [-0.3, -0.25) is 10.0 Å². The summed E-state index contributed by atoms with van der Waals surface area (Å²) in [6.45, 7) is 0. The maximum atomic E-state index is 11.2. The van der Waals surface area contributed by atoms with Crippen molar-refractivity contribution in [2.24, 2.45) is 5.73 Å². The molecule has 3 N–H and O–H groups in total. The Labute approximate surface area is 123 Å². The molecule has 0 saturated heterocycles. The molecule has 5 nitrogen and oxygen atoms in total. The van der Waals surface area contributed by atoms with Gasteiger partial charge in [0.2, 0.25) is 12.1 Å². The van der Waals surface area contributed by atoms with Gasteiger partial charge in [0, 0.05) is 15.6 Å². The molecule has 1 heterocycles. The quantitative estimate of drug-likeness (QED) is 0.885. The Hall–Kier alpha value is -2.05. The average Bonchev–Trinajstić information content (AvgIpc) is 2.76. The number of amides is 1. The highest BCUT2D eigenvalue weighted by Gasteiger charge is 2.32. The van der Waals surface area contributed by atoms with Crippen molar-refractivity contribution in [1.82, 2.24) is 0 Å². The molecule has 20 heavy (non-hydrogen) atoms. The number of ether oxygens (including phenoxy) is 1. The Morgan fingerprint density at radius 2 is 2.10 bits per heavy atom. The van der Waals surface area contributed by atoms with Gasteiger partial charge in [0.05, 0.1) is 0 Å². The van der Waals surface area contributed by atoms with Crippen molar-refractivity contribution in [2.45, 2.75) is 6.23 Å². The third-order valence-electron chi connectivity index (χ3n) is 3.08. The van der Waals surface area contributed by atoms with E-state index < -0.39 is 12.1 Å². The van der Waals surface area contributed by atoms with Crippen molar-refractivity contribution in [3.63, 3.8) is 0 Å². The van der Waals surface area contributed by atoms with Gasteiger partial charge in [-0.25, -0.2) is 5.06 Å². The van der Waals surface area contributed by atoms with Crippen LogP contribution in [0.3, 0.4) is 0 Å². The Morgan fingerprint density at radius 3 is 2.80 bits per heavy atom. The molecule has 0 fully saturated rings. The van der Waals surface area contributed by atoms with Gasteiger partial charge in [-0.1, -0.05) is 28.1 Å². The van der Waals surface area contributed by atoms with Crippen molar-refractivity contribution < 1.29 is 14.7 Å². The molecule has 2 aromatic rings. The maximum absolute atomic E-state index is 11.2. The number of halogens is 1. The predicted octanol–water partition coefficient (Wildman–Crippen LogP) is 2.83. The highest BCUT2D eigenvalue weighted by molar-refractivity contribution is 9.10. The zero-order valence-corrected chi connectivity index (χ0v) is 11.9. The van der Waals surface area contributed by atoms with Crippen molar-refractivity contribution >= 4 is 27.5 Å². The van der Waals surface area contributed by atoms with Crippen molar-refractivity contribution in [3.05, 3.63) is 58.1 Å². The summed E-state index contributed by atoms with van der Waals surface area (Å²) in [6, 6.07) is 12.1. The summed E-state index contributed by atoms with van der Waals surface area (Å²) in [7, 11) is 0. The SMILES string of the molecule is NC(=O)c1ccc2c(c1)N(O)C(c1cccc(Br)c1)O2. The number of nitrogens with two attached hydrogens (primary N) is 1. The molecule has 0 bridgehead atoms. The summed E-state index contributed by atoms with van der Waals surface area (Å²) in [4.78, 5) is 11.2. The highest BCUT2D eigenvalue weighted by atomic mass is 79.9. The van der Waals surface area contributed by atoms with Gasteiger partial charge in [0.1, 0.15) is 11.4 Å². The van der Waals surface area contributed by atoms with E-state index >= 15 is 0 Å². The van der Waals surface area contributed by atoms with Gasteiger partial charge < -0.3 is 10.5 Å². The predicted molar refractivity (Wildman–Crippen MR) is 76.7 cm³/mol. The van der Waals surface area contributed by atoms with Crippen LogP contribution in [-0.2, 0) is 0 Å². The Morgan fingerprint density at radius 1 is 1.30 bits per heavy atom. The van der Waals surface area contributed by atoms with Crippen LogP contribution >= 0.6 is 15.9 Å². The minimum atomic E-state index is -0.648. The fourth-order valence-electron chi connectivity index (χ4n) is 2.12. The van der Waals surface area contributed by atoms with Crippen LogP contribution in [0.15, 0.2) is 46.9 Å². The van der Waals surface area contributed by atoms with E-state index in [0.29, 0.717) is 17.0 Å². The molecule has 0 aliphatic carbocycles. The van der Waals surface area contributed by atoms with Gasteiger partial charge in [0.25, 0.3) is 0 Å². The lowest BCUT2D eigenvalue weighted by atomic mass is 10.1. The van der Waals surface area contributed by atoms with Crippen molar-refractivity contribution in [2.75, 3.05) is 5.06 Å². The van der Waals surface area contributed by atoms with Crippen LogP contribution in [0, 0.1) is 0 Å². The first kappa shape index (κ1) is 13.0. The molecular formula is C14H11BrN2O3. The number of carbonyl (C=O) groups excluding carboxylic acids is 1. The normalized spacial score (nSPS) is 16.7. The van der Waals surface area contributed by atoms with E-state index in [2.05, 4.69) is 15.9 Å². The van der Waals surface area contributed by atoms with Crippen LogP contribution in [-0.4, -0.2) is 11.1 Å². The number of benzene rings is 2. The van der Waals surface area contributed by atoms with E-state index in [1.807, 2.05) is 24.3 Å². The first-order chi connectivity index (χ1) is 9.56. The fourth-order valence-corrected chi connectivity index (χ4v) is 2.53. The first-order valence-corrected chi connectivity index (χ1v) is 6.69. The van der Waals surface area contributed by atoms with Crippen LogP contribution in [0.4, 0.5) is 5.69 Å². The van der Waals surface area contributed by atoms with E-state index in [9.17, 15) is 10.0 Å². The van der Waals surface area contributed by atoms with Gasteiger partial charge >= 0.3 is 0 Å². The Balaban J connectivity index is 1.98. The summed E-state index contributed by atoms with van der Waals surface area (Å²) in [5.41, 5.74) is 6.77. The zero-order valence-electron chi connectivity index (χ0n) is 10.3. The van der Waals surface area contributed by atoms with Crippen LogP contribution in [0.2, 0.25) is 0 Å². The molecule has 0 spiro atoms. The van der Waals surface area contributed by atoms with E-state index in [1.54, 1.807) is 12.1 Å². The number of fused-ring (bicyclic) bond motifs is 1. The van der Waals surface area contributed by atoms with Crippen molar-refractivity contribution in [3.8, 4) is 5.75 Å². The molecule has 1 atom stereocenters. The van der Waals surface area contributed by atoms with E-state index in [-0.39, 0.29) is 0 Å². The topological polar surface area (TPSA) is 75.8 Å². The largest absolute Gasteiger partial charge is 0.462 e. The molecule has 102 valence electrons. The van der Waals surface area contributed by atoms with Crippen molar-refractivity contribution in [1.29, 1.82) is 0 Å². The van der Waals surface area contributed by atoms with Crippen LogP contribution in [0.5, 0.6) is 5.75 Å². The minimum Gasteiger partial charge on any atom is -0.462 e. The average molecular weight is 335 g/mol. The molecule has 3 rings (SSSR count). The number of rotatable bonds is 2. The number of hydrogen-bond donors (Lipinski definition) is 2. The zero-order chi connectivity index (χ0) is 14.3. The Kier molecular flexibility index (Phi) is 3.11. The van der Waals surface area contributed by atoms with Gasteiger partial charge in [-0.2, -0.15) is 0 Å². The van der Waals surface area contributed by atoms with Crippen LogP contribution in [0.1, 0.15) is 22.1 Å². The maximum Gasteiger partial charge on any atom is 0.248 e. The van der Waals surface area contributed by atoms with E-state index in [1.165, 1.54) is 6.07 Å². The van der Waals surface area contributed by atoms with E-state index in [4.69, 9.17) is 10.5 Å². The number of nitrogens with zero attached hydrogens (tertiary/aromatic N) is 1. The molecule has 0 saturated carbocycles. The fraction of sp³-hybridized carbons (Fsp3) is 0.0714. The third kappa shape index (κ3) is 2.13. The second-order valence-corrected chi connectivity index (χ2v) is 5.33. The number of primary amides is 1. The van der Waals surface area contributed by atoms with Crippen LogP contribution in [0.25, 0.3) is 0 Å². The molecule has 1 aliphatic rings. The second-order valence-electron chi connectivity index (χ2n) is 4.42. The smallest absolute Gasteiger partial charge is 0.248 e. The summed E-state index contributed by atoms with van der Waals surface area (Å²) in [6.07, 6.45) is -0.648. The lowest BCUT2D eigenvalue weighted by Gasteiger charge is -2.18. The van der Waals surface area contributed by atoms with Crippen LogP contribution < -0.4 is 15.5 Å².